The minimum atomic E-state index is 0.293. The maximum Gasteiger partial charge on any atom is 0.163 e. The second-order valence-corrected chi connectivity index (χ2v) is 9.12. The van der Waals surface area contributed by atoms with E-state index in [-0.39, 0.29) is 0 Å². The van der Waals surface area contributed by atoms with Gasteiger partial charge in [-0.2, -0.15) is 0 Å². The first-order valence-electron chi connectivity index (χ1n) is 11.9. The molecule has 2 atom stereocenters. The quantitative estimate of drug-likeness (QED) is 0.426. The maximum atomic E-state index is 12.8. The topological polar surface area (TPSA) is 34.1 Å². The van der Waals surface area contributed by atoms with E-state index < -0.39 is 0 Å². The van der Waals surface area contributed by atoms with Crippen LogP contribution in [-0.2, 0) is 11.2 Å². The molecule has 0 fully saturated rings. The van der Waals surface area contributed by atoms with Gasteiger partial charge < -0.3 is 4.79 Å². The van der Waals surface area contributed by atoms with Crippen LogP contribution in [0.1, 0.15) is 113 Å². The Labute approximate surface area is 179 Å². The molecule has 29 heavy (non-hydrogen) atoms. The highest BCUT2D eigenvalue weighted by Gasteiger charge is 2.30. The first-order valence-corrected chi connectivity index (χ1v) is 11.9. The Balaban J connectivity index is 0.00000132. The third kappa shape index (κ3) is 7.72. The summed E-state index contributed by atoms with van der Waals surface area (Å²) in [5.74, 6) is 2.43. The van der Waals surface area contributed by atoms with Crippen LogP contribution in [-0.4, -0.2) is 11.6 Å². The summed E-state index contributed by atoms with van der Waals surface area (Å²) in [6, 6.07) is 4.25. The van der Waals surface area contributed by atoms with Gasteiger partial charge in [-0.15, -0.1) is 0 Å². The number of rotatable bonds is 9. The van der Waals surface area contributed by atoms with E-state index in [2.05, 4.69) is 53.7 Å². The molecule has 2 heteroatoms. The van der Waals surface area contributed by atoms with Crippen molar-refractivity contribution in [2.75, 3.05) is 0 Å². The number of carbonyl (C=O) groups excluding carboxylic acids is 2. The molecule has 1 aliphatic rings. The fraction of sp³-hybridized carbons (Fsp3) is 0.704. The standard InChI is InChI=1S/C24H36O2.C3H8/c1-6-20(7-2)21(10-8-9-18(5)25)13-19-14-22-16(3)11-12-17(4)24(22)23(26)15-19;1-3-2/h11-12,19-21H,6-10,13-15H2,1-5H3;3H2,1-2H3. The number of benzene rings is 1. The zero-order valence-electron chi connectivity index (χ0n) is 20.1. The SMILES string of the molecule is CCC.CCC(CC)C(CCCC(C)=O)CC1CC(=O)c2c(C)ccc(C)c2C1. The average Bonchev–Trinajstić information content (AvgIpc) is 2.65. The van der Waals surface area contributed by atoms with Crippen molar-refractivity contribution in [3.63, 3.8) is 0 Å². The summed E-state index contributed by atoms with van der Waals surface area (Å²) < 4.78 is 0. The van der Waals surface area contributed by atoms with E-state index in [9.17, 15) is 9.59 Å². The van der Waals surface area contributed by atoms with E-state index in [4.69, 9.17) is 0 Å². The highest BCUT2D eigenvalue weighted by molar-refractivity contribution is 6.00. The van der Waals surface area contributed by atoms with Crippen molar-refractivity contribution in [1.29, 1.82) is 0 Å². The normalized spacial score (nSPS) is 16.8. The largest absolute Gasteiger partial charge is 0.300 e. The van der Waals surface area contributed by atoms with E-state index >= 15 is 0 Å². The summed E-state index contributed by atoms with van der Waals surface area (Å²) in [6.45, 7) is 14.7. The molecule has 0 aliphatic heterocycles. The first kappa shape index (κ1) is 25.6. The van der Waals surface area contributed by atoms with Crippen LogP contribution < -0.4 is 0 Å². The Hall–Kier alpha value is -1.44. The van der Waals surface area contributed by atoms with Crippen molar-refractivity contribution in [2.24, 2.45) is 17.8 Å². The zero-order valence-corrected chi connectivity index (χ0v) is 20.1. The molecular formula is C27H44O2. The zero-order chi connectivity index (χ0) is 22.0. The molecule has 0 N–H and O–H groups in total. The number of Topliss-reactive ketones (excluding diaryl/α,β-unsaturated/α-hetero) is 2. The van der Waals surface area contributed by atoms with Gasteiger partial charge >= 0.3 is 0 Å². The van der Waals surface area contributed by atoms with Crippen LogP contribution in [0.2, 0.25) is 0 Å². The molecular weight excluding hydrogens is 356 g/mol. The lowest BCUT2D eigenvalue weighted by atomic mass is 9.72. The van der Waals surface area contributed by atoms with Gasteiger partial charge in [0.2, 0.25) is 0 Å². The lowest BCUT2D eigenvalue weighted by Gasteiger charge is -2.32. The summed E-state index contributed by atoms with van der Waals surface area (Å²) >= 11 is 0. The summed E-state index contributed by atoms with van der Waals surface area (Å²) in [7, 11) is 0. The molecule has 1 aromatic carbocycles. The number of hydrogen-bond acceptors (Lipinski definition) is 2. The van der Waals surface area contributed by atoms with Gasteiger partial charge in [-0.05, 0) is 80.9 Å². The second kappa shape index (κ2) is 13.0. The van der Waals surface area contributed by atoms with E-state index in [0.29, 0.717) is 42.2 Å². The third-order valence-electron chi connectivity index (χ3n) is 6.46. The highest BCUT2D eigenvalue weighted by Crippen LogP contribution is 2.37. The molecule has 2 rings (SSSR count). The van der Waals surface area contributed by atoms with Crippen LogP contribution in [0.25, 0.3) is 0 Å². The van der Waals surface area contributed by atoms with Crippen molar-refractivity contribution in [2.45, 2.75) is 106 Å². The fourth-order valence-corrected chi connectivity index (χ4v) is 4.95. The maximum absolute atomic E-state index is 12.8. The second-order valence-electron chi connectivity index (χ2n) is 9.12. The van der Waals surface area contributed by atoms with Crippen LogP contribution in [0.15, 0.2) is 12.1 Å². The molecule has 0 bridgehead atoms. The van der Waals surface area contributed by atoms with Crippen molar-refractivity contribution in [3.05, 3.63) is 34.4 Å². The minimum absolute atomic E-state index is 0.293. The van der Waals surface area contributed by atoms with Crippen LogP contribution in [0.3, 0.4) is 0 Å². The average molecular weight is 401 g/mol. The van der Waals surface area contributed by atoms with Gasteiger partial charge in [-0.25, -0.2) is 0 Å². The van der Waals surface area contributed by atoms with Crippen molar-refractivity contribution in [3.8, 4) is 0 Å². The van der Waals surface area contributed by atoms with E-state index in [1.165, 1.54) is 30.4 Å². The van der Waals surface area contributed by atoms with Gasteiger partial charge in [-0.3, -0.25) is 4.79 Å². The predicted molar refractivity (Wildman–Crippen MR) is 125 cm³/mol. The Bertz CT molecular complexity index is 655. The molecule has 1 aliphatic carbocycles. The molecule has 0 heterocycles. The molecule has 2 nitrogen and oxygen atoms in total. The molecule has 2 unspecified atom stereocenters. The van der Waals surface area contributed by atoms with Gasteiger partial charge in [0.05, 0.1) is 0 Å². The summed E-state index contributed by atoms with van der Waals surface area (Å²) in [5, 5.41) is 0. The van der Waals surface area contributed by atoms with E-state index in [1.807, 2.05) is 0 Å². The molecule has 164 valence electrons. The van der Waals surface area contributed by atoms with Gasteiger partial charge in [0.25, 0.3) is 0 Å². The Morgan fingerprint density at radius 3 is 2.14 bits per heavy atom. The lowest BCUT2D eigenvalue weighted by molar-refractivity contribution is -0.117. The van der Waals surface area contributed by atoms with Crippen LogP contribution in [0, 0.1) is 31.6 Å². The number of fused-ring (bicyclic) bond motifs is 1. The van der Waals surface area contributed by atoms with Crippen molar-refractivity contribution >= 4 is 11.6 Å². The number of carbonyl (C=O) groups is 2. The Morgan fingerprint density at radius 2 is 1.59 bits per heavy atom. The number of aryl methyl sites for hydroxylation is 2. The van der Waals surface area contributed by atoms with Crippen LogP contribution in [0.4, 0.5) is 0 Å². The monoisotopic (exact) mass is 400 g/mol. The number of hydrogen-bond donors (Lipinski definition) is 0. The molecule has 0 saturated carbocycles. The number of ketones is 2. The van der Waals surface area contributed by atoms with Gasteiger partial charge in [0.1, 0.15) is 5.78 Å². The highest BCUT2D eigenvalue weighted by atomic mass is 16.1. The Kier molecular flexibility index (Phi) is 11.5. The molecule has 0 amide bonds. The van der Waals surface area contributed by atoms with Crippen LogP contribution in [0.5, 0.6) is 0 Å². The predicted octanol–water partition coefficient (Wildman–Crippen LogP) is 7.67. The van der Waals surface area contributed by atoms with E-state index in [1.54, 1.807) is 6.92 Å². The molecule has 1 aromatic rings. The van der Waals surface area contributed by atoms with Gasteiger partial charge in [0.15, 0.2) is 5.78 Å². The molecule has 0 radical (unpaired) electrons. The molecule has 0 aromatic heterocycles. The summed E-state index contributed by atoms with van der Waals surface area (Å²) in [6.07, 6.45) is 9.30. The molecule has 0 saturated heterocycles. The van der Waals surface area contributed by atoms with Crippen LogP contribution >= 0.6 is 0 Å². The summed E-state index contributed by atoms with van der Waals surface area (Å²) in [4.78, 5) is 24.1. The van der Waals surface area contributed by atoms with Gasteiger partial charge in [-0.1, -0.05) is 59.1 Å². The fourth-order valence-electron chi connectivity index (χ4n) is 4.95. The van der Waals surface area contributed by atoms with Gasteiger partial charge in [0, 0.05) is 18.4 Å². The third-order valence-corrected chi connectivity index (χ3v) is 6.46. The first-order chi connectivity index (χ1) is 13.8. The van der Waals surface area contributed by atoms with Crippen molar-refractivity contribution < 1.29 is 9.59 Å². The van der Waals surface area contributed by atoms with E-state index in [0.717, 1.165) is 36.8 Å². The minimum Gasteiger partial charge on any atom is -0.300 e. The smallest absolute Gasteiger partial charge is 0.163 e. The molecule has 0 spiro atoms. The Morgan fingerprint density at radius 1 is 1.00 bits per heavy atom. The van der Waals surface area contributed by atoms with Crippen molar-refractivity contribution in [1.82, 2.24) is 0 Å². The lowest BCUT2D eigenvalue weighted by Crippen LogP contribution is -2.26. The summed E-state index contributed by atoms with van der Waals surface area (Å²) in [5.41, 5.74) is 4.68.